The first-order valence-corrected chi connectivity index (χ1v) is 17.2. The number of thiophene rings is 4. The molecule has 272 valence electrons. The molecular formula is C30H23F15S4. The van der Waals surface area contributed by atoms with Gasteiger partial charge < -0.3 is 0 Å². The molecule has 4 heterocycles. The number of hydrogen-bond donors (Lipinski definition) is 0. The van der Waals surface area contributed by atoms with E-state index in [-0.39, 0.29) is 22.2 Å². The average Bonchev–Trinajstić information content (AvgIpc) is 3.63. The average molecular weight is 797 g/mol. The smallest absolute Gasteiger partial charge is 0.207 e. The minimum Gasteiger partial charge on any atom is -0.207 e. The molecule has 4 aromatic heterocycles. The van der Waals surface area contributed by atoms with E-state index in [1.165, 1.54) is 23.6 Å². The predicted molar refractivity (Wildman–Crippen MR) is 161 cm³/mol. The van der Waals surface area contributed by atoms with Crippen LogP contribution >= 0.6 is 45.3 Å². The molecular weight excluding hydrogens is 774 g/mol. The lowest BCUT2D eigenvalue weighted by molar-refractivity contribution is -0.214. The van der Waals surface area contributed by atoms with Crippen molar-refractivity contribution in [2.24, 2.45) is 0 Å². The largest absolute Gasteiger partial charge is 0.394 e. The topological polar surface area (TPSA) is 0 Å². The summed E-state index contributed by atoms with van der Waals surface area (Å²) in [4.78, 5) is 1.70. The van der Waals surface area contributed by atoms with Crippen molar-refractivity contribution in [3.8, 4) is 29.3 Å². The van der Waals surface area contributed by atoms with Gasteiger partial charge in [-0.25, -0.2) is 52.7 Å². The lowest BCUT2D eigenvalue weighted by Gasteiger charge is -2.27. The maximum atomic E-state index is 15.1. The zero-order chi connectivity index (χ0) is 36.8. The van der Waals surface area contributed by atoms with Gasteiger partial charge in [-0.2, -0.15) is 13.2 Å². The van der Waals surface area contributed by atoms with E-state index in [1.807, 2.05) is 0 Å². The maximum Gasteiger partial charge on any atom is 0.394 e. The van der Waals surface area contributed by atoms with Crippen molar-refractivity contribution in [2.45, 2.75) is 87.2 Å². The van der Waals surface area contributed by atoms with Gasteiger partial charge in [0.1, 0.15) is 6.42 Å². The minimum absolute atomic E-state index is 0.00671. The fourth-order valence-electron chi connectivity index (χ4n) is 5.12. The van der Waals surface area contributed by atoms with Gasteiger partial charge >= 0.3 is 6.18 Å². The van der Waals surface area contributed by atoms with Gasteiger partial charge in [0.25, 0.3) is 35.5 Å². The van der Waals surface area contributed by atoms with Gasteiger partial charge in [-0.15, -0.1) is 45.3 Å². The molecule has 0 amide bonds. The molecule has 0 aliphatic carbocycles. The van der Waals surface area contributed by atoms with Crippen LogP contribution in [0.3, 0.4) is 0 Å². The van der Waals surface area contributed by atoms with E-state index in [2.05, 4.69) is 0 Å². The van der Waals surface area contributed by atoms with Crippen molar-refractivity contribution in [3.63, 3.8) is 0 Å². The monoisotopic (exact) mass is 796 g/mol. The molecule has 0 saturated carbocycles. The Kier molecular flexibility index (Phi) is 11.1. The minimum atomic E-state index is -5.50. The number of halogens is 15. The van der Waals surface area contributed by atoms with Crippen molar-refractivity contribution in [2.75, 3.05) is 0 Å². The molecule has 0 bridgehead atoms. The van der Waals surface area contributed by atoms with Crippen LogP contribution in [0.2, 0.25) is 0 Å². The number of hydrogen-bond acceptors (Lipinski definition) is 4. The second-order valence-electron chi connectivity index (χ2n) is 11.6. The molecule has 0 aliphatic heterocycles. The van der Waals surface area contributed by atoms with E-state index in [0.29, 0.717) is 19.5 Å². The summed E-state index contributed by atoms with van der Waals surface area (Å²) in [5, 5.41) is 2.59. The first-order chi connectivity index (χ1) is 22.2. The Balaban J connectivity index is 1.50. The third-order valence-corrected chi connectivity index (χ3v) is 11.3. The van der Waals surface area contributed by atoms with Gasteiger partial charge in [0.15, 0.2) is 0 Å². The highest BCUT2D eigenvalue weighted by atomic mass is 32.1. The first-order valence-electron chi connectivity index (χ1n) is 13.8. The Morgan fingerprint density at radius 1 is 0.469 bits per heavy atom. The van der Waals surface area contributed by atoms with Gasteiger partial charge in [0.2, 0.25) is 0 Å². The van der Waals surface area contributed by atoms with Crippen LogP contribution in [0.25, 0.3) is 29.3 Å². The summed E-state index contributed by atoms with van der Waals surface area (Å²) < 4.78 is 206. The van der Waals surface area contributed by atoms with Crippen LogP contribution in [0, 0.1) is 0 Å². The van der Waals surface area contributed by atoms with Crippen LogP contribution in [0.5, 0.6) is 0 Å². The molecule has 0 saturated heterocycles. The van der Waals surface area contributed by atoms with Crippen molar-refractivity contribution in [1.82, 2.24) is 0 Å². The van der Waals surface area contributed by atoms with Crippen LogP contribution in [0.1, 0.15) is 50.2 Å². The van der Waals surface area contributed by atoms with E-state index in [4.69, 9.17) is 0 Å². The van der Waals surface area contributed by atoms with Crippen molar-refractivity contribution in [3.05, 3.63) is 58.3 Å². The standard InChI is InChI=1S/C30H23F15S4/c1-24(31,32)11-26(35,36)12-25(33,34)10-16-6-8-46-22(16)20-4-2-18(48-20)19-3-5-21(49-19)23-17(7-9-47-23)29(41,42)14-27(37,38)13-28(39,40)15-30(43,44)45/h2-9H,10-15H2,1H3. The molecule has 0 unspecified atom stereocenters. The maximum absolute atomic E-state index is 15.1. The SMILES string of the molecule is CC(F)(F)CC(F)(F)CC(F)(F)Cc1ccsc1-c1ccc(-c2ccc(-c3sccc3C(F)(F)CC(F)(F)CC(F)(F)CC(F)(F)F)s2)s1. The molecule has 4 aromatic rings. The van der Waals surface area contributed by atoms with Crippen molar-refractivity contribution < 1.29 is 65.9 Å². The van der Waals surface area contributed by atoms with Gasteiger partial charge in [0, 0.05) is 36.4 Å². The van der Waals surface area contributed by atoms with Crippen LogP contribution in [0.15, 0.2) is 47.2 Å². The first kappa shape index (κ1) is 39.5. The fraction of sp³-hybridized carbons (Fsp3) is 0.467. The lowest BCUT2D eigenvalue weighted by atomic mass is 9.97. The van der Waals surface area contributed by atoms with E-state index in [0.717, 1.165) is 56.8 Å². The summed E-state index contributed by atoms with van der Waals surface area (Å²) in [7, 11) is 0. The molecule has 0 atom stereocenters. The molecule has 0 radical (unpaired) electrons. The van der Waals surface area contributed by atoms with Crippen molar-refractivity contribution in [1.29, 1.82) is 0 Å². The van der Waals surface area contributed by atoms with Crippen LogP contribution in [-0.4, -0.2) is 35.8 Å². The fourth-order valence-corrected chi connectivity index (χ4v) is 9.40. The zero-order valence-electron chi connectivity index (χ0n) is 24.7. The van der Waals surface area contributed by atoms with Gasteiger partial charge in [-0.05, 0) is 59.6 Å². The summed E-state index contributed by atoms with van der Waals surface area (Å²) in [6.07, 6.45) is -18.9. The van der Waals surface area contributed by atoms with E-state index < -0.39 is 85.8 Å². The summed E-state index contributed by atoms with van der Waals surface area (Å²) in [6, 6.07) is 8.10. The zero-order valence-corrected chi connectivity index (χ0v) is 27.9. The lowest BCUT2D eigenvalue weighted by Crippen LogP contribution is -2.36. The Bertz CT molecular complexity index is 1700. The highest BCUT2D eigenvalue weighted by Crippen LogP contribution is 2.51. The third-order valence-electron chi connectivity index (χ3n) is 6.70. The molecule has 0 N–H and O–H groups in total. The Morgan fingerprint density at radius 2 is 0.918 bits per heavy atom. The normalized spacial score (nSPS) is 14.2. The Hall–Kier alpha value is -2.25. The summed E-state index contributed by atoms with van der Waals surface area (Å²) in [6.45, 7) is 0.207. The van der Waals surface area contributed by atoms with E-state index >= 15 is 8.78 Å². The molecule has 19 heteroatoms. The predicted octanol–water partition coefficient (Wildman–Crippen LogP) is 14.3. The molecule has 0 aliphatic rings. The Morgan fingerprint density at radius 3 is 1.47 bits per heavy atom. The highest BCUT2D eigenvalue weighted by molar-refractivity contribution is 7.28. The van der Waals surface area contributed by atoms with Crippen molar-refractivity contribution >= 4 is 45.3 Å². The second kappa shape index (κ2) is 13.7. The number of rotatable bonds is 15. The second-order valence-corrected chi connectivity index (χ2v) is 15.6. The van der Waals surface area contributed by atoms with E-state index in [9.17, 15) is 57.1 Å². The quantitative estimate of drug-likeness (QED) is 0.105. The molecule has 49 heavy (non-hydrogen) atoms. The highest BCUT2D eigenvalue weighted by Gasteiger charge is 2.54. The van der Waals surface area contributed by atoms with Gasteiger partial charge in [-0.3, -0.25) is 0 Å². The van der Waals surface area contributed by atoms with Crippen LogP contribution in [-0.2, 0) is 12.3 Å². The van der Waals surface area contributed by atoms with Crippen LogP contribution < -0.4 is 0 Å². The van der Waals surface area contributed by atoms with Crippen LogP contribution in [0.4, 0.5) is 65.9 Å². The van der Waals surface area contributed by atoms with Gasteiger partial charge in [-0.1, -0.05) is 0 Å². The number of alkyl halides is 15. The summed E-state index contributed by atoms with van der Waals surface area (Å²) >= 11 is 3.77. The molecule has 4 rings (SSSR count). The third kappa shape index (κ3) is 11.1. The van der Waals surface area contributed by atoms with Gasteiger partial charge in [0.05, 0.1) is 30.6 Å². The van der Waals surface area contributed by atoms with E-state index in [1.54, 1.807) is 12.1 Å². The summed E-state index contributed by atoms with van der Waals surface area (Å²) in [5.74, 6) is -26.5. The molecule has 0 spiro atoms. The summed E-state index contributed by atoms with van der Waals surface area (Å²) in [5.41, 5.74) is -0.943. The molecule has 0 nitrogen and oxygen atoms in total. The molecule has 0 fully saturated rings. The Labute approximate surface area is 285 Å². The molecule has 0 aromatic carbocycles.